The van der Waals surface area contributed by atoms with Gasteiger partial charge in [-0.2, -0.15) is 0 Å². The molecule has 3 heterocycles. The monoisotopic (exact) mass is 391 g/mol. The van der Waals surface area contributed by atoms with Crippen LogP contribution in [0.3, 0.4) is 0 Å². The maximum atomic E-state index is 12.5. The number of amides is 1. The number of nitrogens with zero attached hydrogens (tertiary/aromatic N) is 2. The molecule has 7 heteroatoms. The topological polar surface area (TPSA) is 60.9 Å². The van der Waals surface area contributed by atoms with Crippen LogP contribution in [0.15, 0.2) is 18.1 Å². The third-order valence-corrected chi connectivity index (χ3v) is 5.56. The number of likely N-dealkylation sites (tertiary alicyclic amines) is 1. The number of ether oxygens (including phenoxy) is 1. The van der Waals surface area contributed by atoms with E-state index in [1.54, 1.807) is 4.90 Å². The van der Waals surface area contributed by atoms with Gasteiger partial charge in [-0.05, 0) is 73.4 Å². The van der Waals surface area contributed by atoms with Gasteiger partial charge in [0.1, 0.15) is 5.60 Å². The van der Waals surface area contributed by atoms with Crippen LogP contribution >= 0.6 is 0 Å². The van der Waals surface area contributed by atoms with Crippen molar-refractivity contribution in [2.24, 2.45) is 0 Å². The molecular formula is C21H33BN2O4. The molecule has 28 heavy (non-hydrogen) atoms. The summed E-state index contributed by atoms with van der Waals surface area (Å²) in [5, 5.41) is 0. The van der Waals surface area contributed by atoms with Crippen LogP contribution in [0.25, 0.3) is 0 Å². The van der Waals surface area contributed by atoms with Gasteiger partial charge in [-0.3, -0.25) is 4.98 Å². The molecule has 0 radical (unpaired) electrons. The van der Waals surface area contributed by atoms with E-state index in [4.69, 9.17) is 18.2 Å². The highest BCUT2D eigenvalue weighted by molar-refractivity contribution is 6.61. The lowest BCUT2D eigenvalue weighted by Gasteiger charge is -2.34. The lowest BCUT2D eigenvalue weighted by Crippen LogP contribution is -2.43. The molecule has 0 saturated carbocycles. The van der Waals surface area contributed by atoms with Crippen molar-refractivity contribution in [2.45, 2.75) is 84.0 Å². The summed E-state index contributed by atoms with van der Waals surface area (Å²) in [6, 6.07) is -0.447. The Bertz CT molecular complexity index is 857. The first-order valence-corrected chi connectivity index (χ1v) is 9.94. The number of aromatic nitrogens is 1. The van der Waals surface area contributed by atoms with Crippen molar-refractivity contribution in [1.82, 2.24) is 9.88 Å². The Morgan fingerprint density at radius 1 is 1.29 bits per heavy atom. The number of carbonyl (C=O) groups excluding carboxylic acids is 1. The van der Waals surface area contributed by atoms with E-state index in [9.17, 15) is 4.79 Å². The Morgan fingerprint density at radius 2 is 1.93 bits per heavy atom. The Kier molecular flexibility index (Phi) is 4.53. The normalized spacial score (nSPS) is 25.8. The summed E-state index contributed by atoms with van der Waals surface area (Å²) >= 11 is 0. The highest BCUT2D eigenvalue weighted by Crippen LogP contribution is 2.36. The summed E-state index contributed by atoms with van der Waals surface area (Å²) in [4.78, 5) is 18.8. The fraction of sp³-hybridized carbons (Fsp3) is 0.714. The second-order valence-electron chi connectivity index (χ2n) is 9.61. The van der Waals surface area contributed by atoms with Crippen molar-refractivity contribution in [3.05, 3.63) is 23.8 Å². The third kappa shape index (κ3) is 4.52. The molecule has 6 nitrogen and oxygen atoms in total. The zero-order chi connectivity index (χ0) is 23.4. The fourth-order valence-electron chi connectivity index (χ4n) is 3.30. The summed E-state index contributed by atoms with van der Waals surface area (Å²) < 4.78 is 42.7. The molecule has 3 rings (SSSR count). The van der Waals surface area contributed by atoms with Crippen molar-refractivity contribution in [3.63, 3.8) is 0 Å². The average Bonchev–Trinajstić information content (AvgIpc) is 2.86. The van der Waals surface area contributed by atoms with Crippen molar-refractivity contribution in [3.8, 4) is 0 Å². The van der Waals surface area contributed by atoms with Crippen LogP contribution in [0.4, 0.5) is 4.79 Å². The first kappa shape index (κ1) is 17.3. The van der Waals surface area contributed by atoms with Crippen LogP contribution in [0.2, 0.25) is 0 Å². The molecule has 2 saturated heterocycles. The van der Waals surface area contributed by atoms with E-state index in [-0.39, 0.29) is 29.6 Å². The van der Waals surface area contributed by atoms with Gasteiger partial charge in [0.15, 0.2) is 0 Å². The molecule has 154 valence electrons. The molecule has 0 bridgehead atoms. The predicted molar refractivity (Wildman–Crippen MR) is 110 cm³/mol. The largest absolute Gasteiger partial charge is 0.514 e. The fourth-order valence-corrected chi connectivity index (χ4v) is 3.30. The lowest BCUT2D eigenvalue weighted by atomic mass is 9.83. The molecule has 1 aromatic rings. The van der Waals surface area contributed by atoms with Crippen molar-refractivity contribution >= 4 is 18.8 Å². The van der Waals surface area contributed by atoms with Gasteiger partial charge in [0, 0.05) is 24.7 Å². The van der Waals surface area contributed by atoms with Crippen LogP contribution in [0.1, 0.15) is 77.0 Å². The van der Waals surface area contributed by atoms with Crippen molar-refractivity contribution < 1.29 is 23.0 Å². The Labute approximate surface area is 173 Å². The van der Waals surface area contributed by atoms with E-state index in [1.807, 2.05) is 48.5 Å². The number of hydrogen-bond donors (Lipinski definition) is 0. The van der Waals surface area contributed by atoms with Gasteiger partial charge in [0.2, 0.25) is 0 Å². The van der Waals surface area contributed by atoms with E-state index < -0.39 is 30.0 Å². The zero-order valence-electron chi connectivity index (χ0n) is 21.0. The molecule has 1 amide bonds. The number of hydrogen-bond acceptors (Lipinski definition) is 5. The molecule has 0 N–H and O–H groups in total. The smallest absolute Gasteiger partial charge is 0.444 e. The van der Waals surface area contributed by atoms with Gasteiger partial charge in [0.05, 0.1) is 20.9 Å². The molecule has 0 aromatic carbocycles. The van der Waals surface area contributed by atoms with E-state index in [2.05, 4.69) is 4.98 Å². The molecule has 0 spiro atoms. The van der Waals surface area contributed by atoms with Crippen LogP contribution in [0.5, 0.6) is 0 Å². The minimum absolute atomic E-state index is 0.0821. The third-order valence-electron chi connectivity index (χ3n) is 5.56. The predicted octanol–water partition coefficient (Wildman–Crippen LogP) is 3.50. The van der Waals surface area contributed by atoms with Gasteiger partial charge in [-0.25, -0.2) is 4.79 Å². The van der Waals surface area contributed by atoms with E-state index >= 15 is 0 Å². The lowest BCUT2D eigenvalue weighted by molar-refractivity contribution is 0.00578. The summed E-state index contributed by atoms with van der Waals surface area (Å²) in [6.07, 6.45) is 1.09. The Balaban J connectivity index is 1.91. The zero-order valence-corrected chi connectivity index (χ0v) is 18.0. The molecule has 2 fully saturated rings. The molecule has 2 aliphatic rings. The van der Waals surface area contributed by atoms with Crippen LogP contribution in [0, 0.1) is 0 Å². The van der Waals surface area contributed by atoms with E-state index in [0.29, 0.717) is 18.8 Å². The first-order chi connectivity index (χ1) is 14.1. The van der Waals surface area contributed by atoms with Gasteiger partial charge >= 0.3 is 13.2 Å². The average molecular weight is 391 g/mol. The molecule has 0 aliphatic carbocycles. The molecule has 1 atom stereocenters. The van der Waals surface area contributed by atoms with Gasteiger partial charge < -0.3 is 18.9 Å². The highest BCUT2D eigenvalue weighted by Gasteiger charge is 2.52. The summed E-state index contributed by atoms with van der Waals surface area (Å²) in [5.74, 6) is -0.223. The highest BCUT2D eigenvalue weighted by atomic mass is 16.7. The number of pyridine rings is 1. The first-order valence-electron chi connectivity index (χ1n) is 11.4. The number of piperidine rings is 1. The SMILES string of the molecule is [2H]c1c(B2OC(C)(C)C(C)(C)O2)nc(C2CCCN(C(=O)OC(C)(C)C)C2)c([2H])c1[2H]. The minimum Gasteiger partial charge on any atom is -0.444 e. The molecule has 1 aromatic heterocycles. The van der Waals surface area contributed by atoms with E-state index in [0.717, 1.165) is 12.8 Å². The maximum Gasteiger partial charge on any atom is 0.514 e. The van der Waals surface area contributed by atoms with Crippen LogP contribution < -0.4 is 5.59 Å². The number of carbonyl (C=O) groups is 1. The van der Waals surface area contributed by atoms with Crippen molar-refractivity contribution in [1.29, 1.82) is 0 Å². The van der Waals surface area contributed by atoms with Crippen LogP contribution in [-0.4, -0.2) is 53.0 Å². The summed E-state index contributed by atoms with van der Waals surface area (Å²) in [6.45, 7) is 14.1. The van der Waals surface area contributed by atoms with Gasteiger partial charge in [-0.15, -0.1) is 0 Å². The quantitative estimate of drug-likeness (QED) is 0.723. The van der Waals surface area contributed by atoms with E-state index in [1.165, 1.54) is 0 Å². The van der Waals surface area contributed by atoms with Gasteiger partial charge in [0.25, 0.3) is 0 Å². The standard InChI is InChI=1S/C21H33BN2O4/c1-19(2,3)26-18(25)24-13-9-10-15(14-24)16-11-8-12-17(23-16)22-27-20(4,5)21(6,7)28-22/h8,11-12,15H,9-10,13-14H2,1-7H3/i8D,11D,12D. The minimum atomic E-state index is -0.883. The second-order valence-corrected chi connectivity index (χ2v) is 9.61. The number of rotatable bonds is 2. The van der Waals surface area contributed by atoms with Gasteiger partial charge in [-0.1, -0.05) is 6.04 Å². The van der Waals surface area contributed by atoms with Crippen LogP contribution in [-0.2, 0) is 14.0 Å². The second kappa shape index (κ2) is 7.34. The Hall–Kier alpha value is -1.60. The molecule has 1 unspecified atom stereocenters. The Morgan fingerprint density at radius 3 is 2.54 bits per heavy atom. The molecule has 2 aliphatic heterocycles. The van der Waals surface area contributed by atoms with Crippen molar-refractivity contribution in [2.75, 3.05) is 13.1 Å². The summed E-state index contributed by atoms with van der Waals surface area (Å²) in [7, 11) is -0.883. The maximum absolute atomic E-state index is 12.5. The molecular weight excluding hydrogens is 355 g/mol. The summed E-state index contributed by atoms with van der Waals surface area (Å²) in [5.41, 5.74) is -1.19.